The monoisotopic (exact) mass is 491 g/mol. The molecule has 0 atom stereocenters. The summed E-state index contributed by atoms with van der Waals surface area (Å²) in [5, 5.41) is 7.18. The molecule has 0 radical (unpaired) electrons. The van der Waals surface area contributed by atoms with E-state index in [1.165, 1.54) is 31.2 Å². The molecule has 3 heteroatoms. The second-order valence-corrected chi connectivity index (χ2v) is 10.4. The van der Waals surface area contributed by atoms with E-state index < -0.39 is 0 Å². The maximum Gasteiger partial charge on any atom is 0.143 e. The molecule has 37 heavy (non-hydrogen) atoms. The molecule has 0 unspecified atom stereocenters. The van der Waals surface area contributed by atoms with Crippen LogP contribution < -0.4 is 4.90 Å². The normalized spacial score (nSPS) is 11.8. The molecule has 2 aromatic heterocycles. The predicted octanol–water partition coefficient (Wildman–Crippen LogP) is 10.6. The minimum absolute atomic E-state index is 0.905. The Kier molecular flexibility index (Phi) is 4.42. The number of furan rings is 1. The van der Waals surface area contributed by atoms with Gasteiger partial charge in [-0.05, 0) is 60.0 Å². The lowest BCUT2D eigenvalue weighted by atomic mass is 10.0. The van der Waals surface area contributed by atoms with Gasteiger partial charge in [0.1, 0.15) is 11.2 Å². The summed E-state index contributed by atoms with van der Waals surface area (Å²) >= 11 is 1.85. The number of hydrogen-bond acceptors (Lipinski definition) is 3. The minimum Gasteiger partial charge on any atom is -0.455 e. The van der Waals surface area contributed by atoms with E-state index in [1.807, 2.05) is 11.3 Å². The third-order valence-electron chi connectivity index (χ3n) is 7.24. The Balaban J connectivity index is 1.43. The van der Waals surface area contributed by atoms with Crippen molar-refractivity contribution in [3.8, 4) is 0 Å². The van der Waals surface area contributed by atoms with E-state index in [-0.39, 0.29) is 0 Å². The van der Waals surface area contributed by atoms with Gasteiger partial charge in [0.2, 0.25) is 0 Å². The average Bonchev–Trinajstić information content (AvgIpc) is 3.53. The Morgan fingerprint density at radius 3 is 2.22 bits per heavy atom. The summed E-state index contributed by atoms with van der Waals surface area (Å²) in [6, 6.07) is 45.3. The molecular weight excluding hydrogens is 470 g/mol. The van der Waals surface area contributed by atoms with E-state index in [4.69, 9.17) is 4.42 Å². The van der Waals surface area contributed by atoms with Gasteiger partial charge in [0.05, 0.1) is 5.69 Å². The molecule has 2 nitrogen and oxygen atoms in total. The summed E-state index contributed by atoms with van der Waals surface area (Å²) in [7, 11) is 0. The summed E-state index contributed by atoms with van der Waals surface area (Å²) in [5.41, 5.74) is 5.27. The number of anilines is 3. The first-order valence-corrected chi connectivity index (χ1v) is 13.3. The van der Waals surface area contributed by atoms with E-state index in [1.54, 1.807) is 0 Å². The summed E-state index contributed by atoms with van der Waals surface area (Å²) in [6.45, 7) is 0. The third-order valence-corrected chi connectivity index (χ3v) is 8.38. The number of para-hydroxylation sites is 1. The van der Waals surface area contributed by atoms with Gasteiger partial charge in [-0.2, -0.15) is 0 Å². The molecule has 6 aromatic carbocycles. The minimum atomic E-state index is 0.905. The number of thiophene rings is 1. The lowest BCUT2D eigenvalue weighted by Gasteiger charge is -2.26. The molecule has 0 saturated carbocycles. The molecule has 0 amide bonds. The highest BCUT2D eigenvalue weighted by molar-refractivity contribution is 7.26. The van der Waals surface area contributed by atoms with Crippen molar-refractivity contribution in [2.24, 2.45) is 0 Å². The van der Waals surface area contributed by atoms with E-state index >= 15 is 0 Å². The molecule has 0 spiro atoms. The van der Waals surface area contributed by atoms with Crippen LogP contribution in [0.4, 0.5) is 17.1 Å². The second kappa shape index (κ2) is 7.95. The first-order chi connectivity index (χ1) is 18.3. The van der Waals surface area contributed by atoms with Gasteiger partial charge in [0.15, 0.2) is 0 Å². The van der Waals surface area contributed by atoms with Crippen LogP contribution in [0.2, 0.25) is 0 Å². The Hall–Kier alpha value is -4.60. The van der Waals surface area contributed by atoms with Crippen LogP contribution in [-0.2, 0) is 0 Å². The fourth-order valence-electron chi connectivity index (χ4n) is 5.58. The highest BCUT2D eigenvalue weighted by atomic mass is 32.1. The lowest BCUT2D eigenvalue weighted by molar-refractivity contribution is 0.672. The third kappa shape index (κ3) is 3.11. The molecule has 0 N–H and O–H groups in total. The molecule has 0 aliphatic carbocycles. The van der Waals surface area contributed by atoms with Crippen molar-refractivity contribution >= 4 is 81.3 Å². The average molecular weight is 492 g/mol. The number of nitrogens with zero attached hydrogens (tertiary/aromatic N) is 1. The van der Waals surface area contributed by atoms with Crippen LogP contribution in [-0.4, -0.2) is 0 Å². The number of fused-ring (bicyclic) bond motifs is 8. The van der Waals surface area contributed by atoms with Crippen molar-refractivity contribution < 1.29 is 4.42 Å². The predicted molar refractivity (Wildman–Crippen MR) is 159 cm³/mol. The van der Waals surface area contributed by atoms with E-state index in [2.05, 4.69) is 132 Å². The Labute approximate surface area is 217 Å². The lowest BCUT2D eigenvalue weighted by Crippen LogP contribution is -2.10. The van der Waals surface area contributed by atoms with Gasteiger partial charge in [-0.3, -0.25) is 0 Å². The Bertz CT molecular complexity index is 2100. The Morgan fingerprint density at radius 2 is 1.30 bits per heavy atom. The first kappa shape index (κ1) is 20.6. The van der Waals surface area contributed by atoms with Crippen LogP contribution in [0.5, 0.6) is 0 Å². The van der Waals surface area contributed by atoms with Crippen LogP contribution in [0.15, 0.2) is 132 Å². The zero-order chi connectivity index (χ0) is 24.3. The fourth-order valence-corrected chi connectivity index (χ4v) is 6.70. The van der Waals surface area contributed by atoms with Crippen molar-refractivity contribution in [3.05, 3.63) is 127 Å². The van der Waals surface area contributed by atoms with Gasteiger partial charge in [0, 0.05) is 47.7 Å². The van der Waals surface area contributed by atoms with Gasteiger partial charge in [-0.25, -0.2) is 0 Å². The number of benzene rings is 6. The van der Waals surface area contributed by atoms with Crippen molar-refractivity contribution in [2.75, 3.05) is 4.90 Å². The quantitative estimate of drug-likeness (QED) is 0.244. The molecule has 174 valence electrons. The van der Waals surface area contributed by atoms with E-state index in [0.717, 1.165) is 38.7 Å². The van der Waals surface area contributed by atoms with Gasteiger partial charge >= 0.3 is 0 Å². The maximum absolute atomic E-state index is 6.41. The van der Waals surface area contributed by atoms with Gasteiger partial charge in [0.25, 0.3) is 0 Å². The van der Waals surface area contributed by atoms with Crippen molar-refractivity contribution in [1.29, 1.82) is 0 Å². The molecule has 8 rings (SSSR count). The summed E-state index contributed by atoms with van der Waals surface area (Å²) in [5.74, 6) is 0. The molecule has 0 bridgehead atoms. The second-order valence-electron chi connectivity index (χ2n) is 9.37. The van der Waals surface area contributed by atoms with Crippen LogP contribution in [0.25, 0.3) is 52.9 Å². The molecular formula is C34H21NOS. The van der Waals surface area contributed by atoms with Crippen molar-refractivity contribution in [3.63, 3.8) is 0 Å². The molecule has 0 fully saturated rings. The summed E-state index contributed by atoms with van der Waals surface area (Å²) in [6.07, 6.45) is 0. The Morgan fingerprint density at radius 1 is 0.514 bits per heavy atom. The largest absolute Gasteiger partial charge is 0.455 e. The SMILES string of the molecule is c1ccc(N(c2ccc3oc4c5ccccc5ccc4c3c2)c2cccc3sc4ccccc4c23)cc1. The first-order valence-electron chi connectivity index (χ1n) is 12.4. The van der Waals surface area contributed by atoms with Crippen LogP contribution in [0.1, 0.15) is 0 Å². The van der Waals surface area contributed by atoms with Crippen LogP contribution in [0, 0.1) is 0 Å². The number of rotatable bonds is 3. The summed E-state index contributed by atoms with van der Waals surface area (Å²) < 4.78 is 9.01. The van der Waals surface area contributed by atoms with E-state index in [9.17, 15) is 0 Å². The maximum atomic E-state index is 6.41. The fraction of sp³-hybridized carbons (Fsp3) is 0. The topological polar surface area (TPSA) is 16.4 Å². The molecule has 2 heterocycles. The number of hydrogen-bond donors (Lipinski definition) is 0. The molecule has 0 aliphatic heterocycles. The van der Waals surface area contributed by atoms with Crippen molar-refractivity contribution in [2.45, 2.75) is 0 Å². The zero-order valence-corrected chi connectivity index (χ0v) is 20.7. The van der Waals surface area contributed by atoms with Crippen LogP contribution >= 0.6 is 11.3 Å². The van der Waals surface area contributed by atoms with Gasteiger partial charge in [-0.1, -0.05) is 72.8 Å². The standard InChI is InChI=1S/C34H21NOS/c1-2-10-23(11-3-1)35(29-14-8-16-32-33(29)27-13-6-7-15-31(27)37-32)24-18-20-30-28(21-24)26-19-17-22-9-4-5-12-25(22)34(26)36-30/h1-21H. The van der Waals surface area contributed by atoms with Crippen molar-refractivity contribution in [1.82, 2.24) is 0 Å². The van der Waals surface area contributed by atoms with E-state index in [0.29, 0.717) is 0 Å². The highest BCUT2D eigenvalue weighted by Crippen LogP contribution is 2.45. The van der Waals surface area contributed by atoms with Crippen LogP contribution in [0.3, 0.4) is 0 Å². The molecule has 8 aromatic rings. The zero-order valence-electron chi connectivity index (χ0n) is 19.9. The molecule has 0 saturated heterocycles. The highest BCUT2D eigenvalue weighted by Gasteiger charge is 2.19. The smallest absolute Gasteiger partial charge is 0.143 e. The van der Waals surface area contributed by atoms with Gasteiger partial charge < -0.3 is 9.32 Å². The van der Waals surface area contributed by atoms with Gasteiger partial charge in [-0.15, -0.1) is 11.3 Å². The summed E-state index contributed by atoms with van der Waals surface area (Å²) in [4.78, 5) is 2.38. The molecule has 0 aliphatic rings.